The van der Waals surface area contributed by atoms with E-state index in [1.807, 2.05) is 11.3 Å². The molecule has 1 N–H and O–H groups in total. The molecule has 2 heterocycles. The van der Waals surface area contributed by atoms with Crippen LogP contribution in [0.3, 0.4) is 0 Å². The number of hydrogen-bond acceptors (Lipinski definition) is 3. The Hall–Kier alpha value is -0.380. The van der Waals surface area contributed by atoms with E-state index in [0.717, 1.165) is 32.4 Å². The van der Waals surface area contributed by atoms with E-state index in [0.29, 0.717) is 6.04 Å². The highest BCUT2D eigenvalue weighted by Crippen LogP contribution is 2.28. The van der Waals surface area contributed by atoms with E-state index >= 15 is 0 Å². The van der Waals surface area contributed by atoms with E-state index in [2.05, 4.69) is 38.2 Å². The third kappa shape index (κ3) is 3.54. The van der Waals surface area contributed by atoms with Gasteiger partial charge in [0.25, 0.3) is 0 Å². The van der Waals surface area contributed by atoms with Crippen molar-refractivity contribution in [3.8, 4) is 0 Å². The van der Waals surface area contributed by atoms with E-state index in [1.165, 1.54) is 9.75 Å². The molecule has 17 heavy (non-hydrogen) atoms. The smallest absolute Gasteiger partial charge is 0.0666 e. The molecule has 1 fully saturated rings. The van der Waals surface area contributed by atoms with Gasteiger partial charge in [-0.05, 0) is 45.2 Å². The Morgan fingerprint density at radius 2 is 2.35 bits per heavy atom. The number of hydrogen-bond donors (Lipinski definition) is 1. The van der Waals surface area contributed by atoms with Gasteiger partial charge < -0.3 is 10.1 Å². The largest absolute Gasteiger partial charge is 0.375 e. The second kappa shape index (κ2) is 5.51. The number of nitrogens with one attached hydrogen (secondary N) is 1. The fraction of sp³-hybridized carbons (Fsp3) is 0.714. The van der Waals surface area contributed by atoms with Crippen molar-refractivity contribution in [2.24, 2.45) is 0 Å². The number of thiophene rings is 1. The van der Waals surface area contributed by atoms with Gasteiger partial charge in [-0.25, -0.2) is 0 Å². The molecule has 1 aromatic heterocycles. The Balaban J connectivity index is 1.83. The van der Waals surface area contributed by atoms with E-state index in [1.54, 1.807) is 0 Å². The third-order valence-electron chi connectivity index (χ3n) is 3.70. The van der Waals surface area contributed by atoms with Gasteiger partial charge in [-0.3, -0.25) is 0 Å². The average molecular weight is 253 g/mol. The van der Waals surface area contributed by atoms with Gasteiger partial charge in [-0.1, -0.05) is 6.92 Å². The van der Waals surface area contributed by atoms with Crippen LogP contribution in [0.15, 0.2) is 12.1 Å². The van der Waals surface area contributed by atoms with Crippen molar-refractivity contribution >= 4 is 11.3 Å². The first kappa shape index (κ1) is 13.1. The van der Waals surface area contributed by atoms with Crippen molar-refractivity contribution in [2.45, 2.75) is 58.2 Å². The molecule has 2 rings (SSSR count). The van der Waals surface area contributed by atoms with Crippen LogP contribution in [0.25, 0.3) is 0 Å². The zero-order chi connectivity index (χ0) is 12.3. The lowest BCUT2D eigenvalue weighted by atomic mass is 9.90. The normalized spacial score (nSPS) is 29.5. The van der Waals surface area contributed by atoms with Crippen LogP contribution in [0.1, 0.15) is 42.9 Å². The lowest BCUT2D eigenvalue weighted by molar-refractivity contribution is -0.0781. The number of aryl methyl sites for hydroxylation is 1. The molecule has 96 valence electrons. The van der Waals surface area contributed by atoms with Gasteiger partial charge in [0.15, 0.2) is 0 Å². The minimum Gasteiger partial charge on any atom is -0.375 e. The Bertz CT molecular complexity index is 363. The molecule has 2 unspecified atom stereocenters. The van der Waals surface area contributed by atoms with Crippen molar-refractivity contribution in [1.29, 1.82) is 0 Å². The van der Waals surface area contributed by atoms with Crippen molar-refractivity contribution in [3.05, 3.63) is 21.9 Å². The predicted octanol–water partition coefficient (Wildman–Crippen LogP) is 3.49. The minimum atomic E-state index is 0.0846. The second-order valence-electron chi connectivity index (χ2n) is 5.23. The van der Waals surface area contributed by atoms with Crippen LogP contribution in [0.2, 0.25) is 0 Å². The molecule has 0 aromatic carbocycles. The zero-order valence-electron chi connectivity index (χ0n) is 11.1. The predicted molar refractivity (Wildman–Crippen MR) is 73.6 cm³/mol. The van der Waals surface area contributed by atoms with Gasteiger partial charge in [0.1, 0.15) is 0 Å². The van der Waals surface area contributed by atoms with Crippen molar-refractivity contribution in [1.82, 2.24) is 5.32 Å². The first-order valence-electron chi connectivity index (χ1n) is 6.54. The van der Waals surface area contributed by atoms with E-state index in [-0.39, 0.29) is 5.60 Å². The Morgan fingerprint density at radius 3 is 3.00 bits per heavy atom. The molecule has 1 aliphatic rings. The maximum Gasteiger partial charge on any atom is 0.0666 e. The molecular formula is C14H23NOS. The van der Waals surface area contributed by atoms with Crippen molar-refractivity contribution in [2.75, 3.05) is 6.61 Å². The summed E-state index contributed by atoms with van der Waals surface area (Å²) in [6, 6.07) is 5.03. The molecule has 1 aromatic rings. The minimum absolute atomic E-state index is 0.0846. The van der Waals surface area contributed by atoms with Crippen LogP contribution in [0.5, 0.6) is 0 Å². The Kier molecular flexibility index (Phi) is 4.23. The molecule has 0 bridgehead atoms. The molecule has 1 saturated heterocycles. The van der Waals surface area contributed by atoms with Crippen molar-refractivity contribution < 1.29 is 4.74 Å². The molecular weight excluding hydrogens is 230 g/mol. The number of ether oxygens (including phenoxy) is 1. The van der Waals surface area contributed by atoms with Crippen molar-refractivity contribution in [3.63, 3.8) is 0 Å². The van der Waals surface area contributed by atoms with Crippen LogP contribution in [0, 0.1) is 6.92 Å². The van der Waals surface area contributed by atoms with Gasteiger partial charge >= 0.3 is 0 Å². The average Bonchev–Trinajstić information content (AvgIpc) is 2.73. The quantitative estimate of drug-likeness (QED) is 0.887. The van der Waals surface area contributed by atoms with Gasteiger partial charge in [0, 0.05) is 28.9 Å². The topological polar surface area (TPSA) is 21.3 Å². The fourth-order valence-corrected chi connectivity index (χ4v) is 3.22. The van der Waals surface area contributed by atoms with Crippen LogP contribution in [0.4, 0.5) is 0 Å². The third-order valence-corrected chi connectivity index (χ3v) is 4.70. The van der Waals surface area contributed by atoms with Crippen LogP contribution >= 0.6 is 11.3 Å². The Morgan fingerprint density at radius 1 is 1.53 bits per heavy atom. The molecule has 3 heteroatoms. The van der Waals surface area contributed by atoms with E-state index in [4.69, 9.17) is 4.74 Å². The Labute approximate surface area is 108 Å². The summed E-state index contributed by atoms with van der Waals surface area (Å²) in [6.45, 7) is 8.51. The summed E-state index contributed by atoms with van der Waals surface area (Å²) in [6.07, 6.45) is 3.37. The number of rotatable bonds is 4. The lowest BCUT2D eigenvalue weighted by Crippen LogP contribution is -2.44. The zero-order valence-corrected chi connectivity index (χ0v) is 11.9. The van der Waals surface area contributed by atoms with Crippen LogP contribution in [-0.4, -0.2) is 18.2 Å². The standard InChI is InChI=1S/C14H23NOS/c1-4-14(3)9-12(7-8-16-14)15-10-13-6-5-11(2)17-13/h5-6,12,15H,4,7-10H2,1-3H3. The molecule has 0 radical (unpaired) electrons. The monoisotopic (exact) mass is 253 g/mol. The SMILES string of the molecule is CCC1(C)CC(NCc2ccc(C)s2)CCO1. The molecule has 2 nitrogen and oxygen atoms in total. The second-order valence-corrected chi connectivity index (χ2v) is 6.61. The van der Waals surface area contributed by atoms with Crippen LogP contribution < -0.4 is 5.32 Å². The highest BCUT2D eigenvalue weighted by Gasteiger charge is 2.31. The first-order chi connectivity index (χ1) is 8.11. The summed E-state index contributed by atoms with van der Waals surface area (Å²) in [5, 5.41) is 3.67. The first-order valence-corrected chi connectivity index (χ1v) is 7.35. The summed E-state index contributed by atoms with van der Waals surface area (Å²) in [5.74, 6) is 0. The van der Waals surface area contributed by atoms with E-state index < -0.39 is 0 Å². The van der Waals surface area contributed by atoms with Gasteiger partial charge in [0.2, 0.25) is 0 Å². The fourth-order valence-electron chi connectivity index (χ4n) is 2.38. The highest BCUT2D eigenvalue weighted by molar-refractivity contribution is 7.11. The molecule has 1 aliphatic heterocycles. The maximum absolute atomic E-state index is 5.86. The summed E-state index contributed by atoms with van der Waals surface area (Å²) in [4.78, 5) is 2.83. The van der Waals surface area contributed by atoms with Gasteiger partial charge in [0.05, 0.1) is 5.60 Å². The molecule has 0 spiro atoms. The molecule has 0 amide bonds. The summed E-state index contributed by atoms with van der Waals surface area (Å²) < 4.78 is 5.86. The molecule has 0 saturated carbocycles. The molecule has 2 atom stereocenters. The van der Waals surface area contributed by atoms with Crippen LogP contribution in [-0.2, 0) is 11.3 Å². The van der Waals surface area contributed by atoms with Gasteiger partial charge in [-0.15, -0.1) is 11.3 Å². The summed E-state index contributed by atoms with van der Waals surface area (Å²) in [7, 11) is 0. The summed E-state index contributed by atoms with van der Waals surface area (Å²) >= 11 is 1.89. The molecule has 0 aliphatic carbocycles. The maximum atomic E-state index is 5.86. The summed E-state index contributed by atoms with van der Waals surface area (Å²) in [5.41, 5.74) is 0.0846. The van der Waals surface area contributed by atoms with E-state index in [9.17, 15) is 0 Å². The van der Waals surface area contributed by atoms with Gasteiger partial charge in [-0.2, -0.15) is 0 Å². The lowest BCUT2D eigenvalue weighted by Gasteiger charge is -2.38. The highest BCUT2D eigenvalue weighted by atomic mass is 32.1.